The molecule has 0 bridgehead atoms. The molecule has 0 aliphatic rings. The second-order valence-corrected chi connectivity index (χ2v) is 4.61. The van der Waals surface area contributed by atoms with Crippen LogP contribution in [0.4, 0.5) is 10.2 Å². The number of esters is 1. The summed E-state index contributed by atoms with van der Waals surface area (Å²) in [5.74, 6) is -0.223. The molecule has 2 heterocycles. The minimum Gasteiger partial charge on any atom is -0.465 e. The number of halogens is 1. The fourth-order valence-corrected chi connectivity index (χ4v) is 2.06. The van der Waals surface area contributed by atoms with Crippen LogP contribution in [-0.2, 0) is 11.3 Å². The number of anilines is 1. The Labute approximate surface area is 125 Å². The number of ether oxygens (including phenoxy) is 1. The maximum Gasteiger partial charge on any atom is 0.343 e. The first kappa shape index (κ1) is 14.0. The number of hydrogen-bond acceptors (Lipinski definition) is 5. The van der Waals surface area contributed by atoms with Gasteiger partial charge in [-0.25, -0.2) is 18.7 Å². The van der Waals surface area contributed by atoms with Crippen molar-refractivity contribution in [2.45, 2.75) is 6.54 Å². The average molecular weight is 300 g/mol. The van der Waals surface area contributed by atoms with Gasteiger partial charge in [0.1, 0.15) is 17.2 Å². The monoisotopic (exact) mass is 300 g/mol. The number of fused-ring (bicyclic) bond motifs is 1. The molecule has 1 aromatic carbocycles. The molecule has 7 heteroatoms. The van der Waals surface area contributed by atoms with Crippen molar-refractivity contribution >= 4 is 17.4 Å². The number of carbonyl (C=O) groups is 1. The zero-order chi connectivity index (χ0) is 15.5. The Kier molecular flexibility index (Phi) is 3.69. The predicted octanol–water partition coefficient (Wildman–Crippen LogP) is 2.27. The molecule has 0 unspecified atom stereocenters. The third kappa shape index (κ3) is 2.73. The number of hydrogen-bond donors (Lipinski definition) is 1. The van der Waals surface area contributed by atoms with Gasteiger partial charge >= 0.3 is 5.97 Å². The van der Waals surface area contributed by atoms with Crippen LogP contribution in [0.3, 0.4) is 0 Å². The molecule has 22 heavy (non-hydrogen) atoms. The lowest BCUT2D eigenvalue weighted by Gasteiger charge is -2.06. The van der Waals surface area contributed by atoms with Gasteiger partial charge in [-0.15, -0.1) is 0 Å². The molecule has 0 fully saturated rings. The highest BCUT2D eigenvalue weighted by Crippen LogP contribution is 2.13. The van der Waals surface area contributed by atoms with Crippen LogP contribution in [0.2, 0.25) is 0 Å². The molecule has 1 N–H and O–H groups in total. The van der Waals surface area contributed by atoms with Crippen LogP contribution < -0.4 is 5.32 Å². The van der Waals surface area contributed by atoms with E-state index in [1.165, 1.54) is 30.0 Å². The second-order valence-electron chi connectivity index (χ2n) is 4.61. The number of methoxy groups -OCH3 is 1. The van der Waals surface area contributed by atoms with Crippen LogP contribution in [0.5, 0.6) is 0 Å². The topological polar surface area (TPSA) is 68.5 Å². The highest BCUT2D eigenvalue weighted by Gasteiger charge is 2.14. The summed E-state index contributed by atoms with van der Waals surface area (Å²) in [6.07, 6.45) is 3.09. The Hall–Kier alpha value is -2.96. The summed E-state index contributed by atoms with van der Waals surface area (Å²) < 4.78 is 19.3. The van der Waals surface area contributed by atoms with Crippen LogP contribution in [0.25, 0.3) is 5.65 Å². The SMILES string of the molecule is COC(=O)c1cnn2ccc(NCc3cccc(F)c3)nc12. The molecule has 0 saturated carbocycles. The van der Waals surface area contributed by atoms with E-state index in [9.17, 15) is 9.18 Å². The van der Waals surface area contributed by atoms with E-state index in [4.69, 9.17) is 4.74 Å². The first-order chi connectivity index (χ1) is 10.7. The molecule has 0 spiro atoms. The van der Waals surface area contributed by atoms with Gasteiger partial charge in [0.25, 0.3) is 0 Å². The van der Waals surface area contributed by atoms with Crippen molar-refractivity contribution in [2.75, 3.05) is 12.4 Å². The molecule has 0 amide bonds. The Bertz CT molecular complexity index is 831. The van der Waals surface area contributed by atoms with Crippen molar-refractivity contribution in [1.29, 1.82) is 0 Å². The molecule has 0 radical (unpaired) electrons. The molecule has 112 valence electrons. The molecule has 0 aliphatic carbocycles. The predicted molar refractivity (Wildman–Crippen MR) is 78.1 cm³/mol. The summed E-state index contributed by atoms with van der Waals surface area (Å²) in [6.45, 7) is 0.419. The lowest BCUT2D eigenvalue weighted by atomic mass is 10.2. The molecule has 0 atom stereocenters. The van der Waals surface area contributed by atoms with Crippen molar-refractivity contribution in [1.82, 2.24) is 14.6 Å². The summed E-state index contributed by atoms with van der Waals surface area (Å²) in [6, 6.07) is 8.02. The fourth-order valence-electron chi connectivity index (χ4n) is 2.06. The molecular weight excluding hydrogens is 287 g/mol. The maximum absolute atomic E-state index is 13.1. The van der Waals surface area contributed by atoms with Gasteiger partial charge in [-0.3, -0.25) is 0 Å². The number of nitrogens with zero attached hydrogens (tertiary/aromatic N) is 3. The molecule has 0 aliphatic heterocycles. The number of carbonyl (C=O) groups excluding carboxylic acids is 1. The van der Waals surface area contributed by atoms with E-state index in [0.29, 0.717) is 18.0 Å². The van der Waals surface area contributed by atoms with E-state index in [-0.39, 0.29) is 11.4 Å². The van der Waals surface area contributed by atoms with Gasteiger partial charge in [0.15, 0.2) is 5.65 Å². The number of nitrogens with one attached hydrogen (secondary N) is 1. The van der Waals surface area contributed by atoms with Crippen LogP contribution in [-0.4, -0.2) is 27.7 Å². The second kappa shape index (κ2) is 5.80. The summed E-state index contributed by atoms with van der Waals surface area (Å²) >= 11 is 0. The molecule has 3 rings (SSSR count). The van der Waals surface area contributed by atoms with E-state index < -0.39 is 5.97 Å². The van der Waals surface area contributed by atoms with E-state index in [2.05, 4.69) is 15.4 Å². The van der Waals surface area contributed by atoms with E-state index >= 15 is 0 Å². The van der Waals surface area contributed by atoms with Crippen molar-refractivity contribution < 1.29 is 13.9 Å². The first-order valence-corrected chi connectivity index (χ1v) is 6.58. The van der Waals surface area contributed by atoms with Crippen LogP contribution >= 0.6 is 0 Å². The molecular formula is C15H13FN4O2. The van der Waals surface area contributed by atoms with Gasteiger partial charge in [-0.2, -0.15) is 5.10 Å². The Balaban J connectivity index is 1.83. The number of benzene rings is 1. The van der Waals surface area contributed by atoms with Gasteiger partial charge in [-0.05, 0) is 23.8 Å². The van der Waals surface area contributed by atoms with Gasteiger partial charge in [0.2, 0.25) is 0 Å². The zero-order valence-electron chi connectivity index (χ0n) is 11.8. The Morgan fingerprint density at radius 2 is 2.27 bits per heavy atom. The highest BCUT2D eigenvalue weighted by atomic mass is 19.1. The summed E-state index contributed by atoms with van der Waals surface area (Å²) in [5.41, 5.74) is 1.48. The van der Waals surface area contributed by atoms with Crippen molar-refractivity contribution in [2.24, 2.45) is 0 Å². The van der Waals surface area contributed by atoms with E-state index in [0.717, 1.165) is 5.56 Å². The number of aromatic nitrogens is 3. The molecule has 6 nitrogen and oxygen atoms in total. The minimum atomic E-state index is -0.496. The zero-order valence-corrected chi connectivity index (χ0v) is 11.8. The van der Waals surface area contributed by atoms with Crippen molar-refractivity contribution in [3.8, 4) is 0 Å². The van der Waals surface area contributed by atoms with Crippen molar-refractivity contribution in [3.05, 3.63) is 59.7 Å². The van der Waals surface area contributed by atoms with E-state index in [1.54, 1.807) is 18.3 Å². The summed E-state index contributed by atoms with van der Waals surface area (Å²) in [5, 5.41) is 7.12. The fraction of sp³-hybridized carbons (Fsp3) is 0.133. The lowest BCUT2D eigenvalue weighted by molar-refractivity contribution is 0.0602. The smallest absolute Gasteiger partial charge is 0.343 e. The highest BCUT2D eigenvalue weighted by molar-refractivity contribution is 5.95. The number of rotatable bonds is 4. The quantitative estimate of drug-likeness (QED) is 0.749. The summed E-state index contributed by atoms with van der Waals surface area (Å²) in [7, 11) is 1.30. The van der Waals surface area contributed by atoms with E-state index in [1.807, 2.05) is 6.07 Å². The average Bonchev–Trinajstić information content (AvgIpc) is 2.95. The minimum absolute atomic E-state index is 0.286. The third-order valence-corrected chi connectivity index (χ3v) is 3.14. The molecule has 3 aromatic rings. The van der Waals surface area contributed by atoms with Gasteiger partial charge in [0.05, 0.1) is 13.3 Å². The van der Waals surface area contributed by atoms with Crippen molar-refractivity contribution in [3.63, 3.8) is 0 Å². The van der Waals surface area contributed by atoms with Gasteiger partial charge in [0, 0.05) is 12.7 Å². The largest absolute Gasteiger partial charge is 0.465 e. The third-order valence-electron chi connectivity index (χ3n) is 3.14. The summed E-state index contributed by atoms with van der Waals surface area (Å²) in [4.78, 5) is 16.0. The van der Waals surface area contributed by atoms with Crippen LogP contribution in [0.15, 0.2) is 42.7 Å². The Morgan fingerprint density at radius 3 is 3.05 bits per heavy atom. The lowest BCUT2D eigenvalue weighted by Crippen LogP contribution is -2.05. The first-order valence-electron chi connectivity index (χ1n) is 6.58. The Morgan fingerprint density at radius 1 is 1.41 bits per heavy atom. The standard InChI is InChI=1S/C15H13FN4O2/c1-22-15(21)12-9-18-20-6-5-13(19-14(12)20)17-8-10-3-2-4-11(16)7-10/h2-7,9H,8H2,1H3,(H,17,19). The van der Waals surface area contributed by atoms with Crippen LogP contribution in [0, 0.1) is 5.82 Å². The normalized spacial score (nSPS) is 10.6. The maximum atomic E-state index is 13.1. The van der Waals surface area contributed by atoms with Crippen LogP contribution in [0.1, 0.15) is 15.9 Å². The van der Waals surface area contributed by atoms with Gasteiger partial charge < -0.3 is 10.1 Å². The van der Waals surface area contributed by atoms with Gasteiger partial charge in [-0.1, -0.05) is 12.1 Å². The molecule has 2 aromatic heterocycles. The molecule has 0 saturated heterocycles.